The van der Waals surface area contributed by atoms with Gasteiger partial charge in [-0.15, -0.1) is 0 Å². The van der Waals surface area contributed by atoms with Gasteiger partial charge in [-0.2, -0.15) is 0 Å². The van der Waals surface area contributed by atoms with Gasteiger partial charge in [0.05, 0.1) is 6.42 Å². The molecule has 94 valence electrons. The lowest BCUT2D eigenvalue weighted by Crippen LogP contribution is -2.22. The van der Waals surface area contributed by atoms with Gasteiger partial charge in [0.1, 0.15) is 0 Å². The second-order valence-electron chi connectivity index (χ2n) is 5.37. The summed E-state index contributed by atoms with van der Waals surface area (Å²) in [5.41, 5.74) is 7.94. The molecule has 1 unspecified atom stereocenters. The predicted octanol–water partition coefficient (Wildman–Crippen LogP) is 2.50. The number of carboxylic acid groups (broad SMARTS) is 1. The minimum atomic E-state index is -0.802. The second-order valence-corrected chi connectivity index (χ2v) is 5.37. The number of rotatable bonds is 4. The van der Waals surface area contributed by atoms with Crippen molar-refractivity contribution in [3.05, 3.63) is 35.4 Å². The van der Waals surface area contributed by atoms with Crippen LogP contribution < -0.4 is 5.73 Å². The van der Waals surface area contributed by atoms with Gasteiger partial charge in [0.25, 0.3) is 0 Å². The van der Waals surface area contributed by atoms with Crippen LogP contribution in [0.25, 0.3) is 0 Å². The van der Waals surface area contributed by atoms with Crippen LogP contribution in [0.15, 0.2) is 24.3 Å². The molecule has 0 amide bonds. The van der Waals surface area contributed by atoms with Crippen LogP contribution >= 0.6 is 0 Å². The van der Waals surface area contributed by atoms with Crippen molar-refractivity contribution in [2.24, 2.45) is 5.73 Å². The van der Waals surface area contributed by atoms with Crippen molar-refractivity contribution < 1.29 is 9.90 Å². The van der Waals surface area contributed by atoms with Crippen molar-refractivity contribution in [3.8, 4) is 0 Å². The van der Waals surface area contributed by atoms with Crippen molar-refractivity contribution in [1.82, 2.24) is 0 Å². The Balaban J connectivity index is 3.15. The number of carboxylic acids is 1. The first-order valence-electron chi connectivity index (χ1n) is 5.87. The highest BCUT2D eigenvalue weighted by Gasteiger charge is 2.23. The number of benzene rings is 1. The molecule has 0 aliphatic heterocycles. The molecule has 17 heavy (non-hydrogen) atoms. The molecule has 3 nitrogen and oxygen atoms in total. The van der Waals surface area contributed by atoms with E-state index >= 15 is 0 Å². The molecule has 1 rings (SSSR count). The van der Waals surface area contributed by atoms with Crippen LogP contribution in [-0.2, 0) is 10.2 Å². The summed E-state index contributed by atoms with van der Waals surface area (Å²) in [5, 5.41) is 8.91. The molecule has 3 N–H and O–H groups in total. The Bertz CT molecular complexity index is 393. The van der Waals surface area contributed by atoms with Crippen molar-refractivity contribution in [2.45, 2.75) is 38.5 Å². The molecule has 1 aromatic rings. The van der Waals surface area contributed by atoms with Gasteiger partial charge in [0.15, 0.2) is 0 Å². The highest BCUT2D eigenvalue weighted by atomic mass is 16.4. The van der Waals surface area contributed by atoms with Gasteiger partial charge < -0.3 is 10.8 Å². The van der Waals surface area contributed by atoms with Crippen LogP contribution in [0.3, 0.4) is 0 Å². The number of carbonyl (C=O) groups is 1. The lowest BCUT2D eigenvalue weighted by Gasteiger charge is -2.26. The molecular formula is C14H21NO2. The van der Waals surface area contributed by atoms with Gasteiger partial charge in [-0.1, -0.05) is 45.0 Å². The molecule has 1 aromatic carbocycles. The maximum atomic E-state index is 10.8. The first-order valence-corrected chi connectivity index (χ1v) is 5.87. The van der Waals surface area contributed by atoms with E-state index in [4.69, 9.17) is 10.8 Å². The predicted molar refractivity (Wildman–Crippen MR) is 69.2 cm³/mol. The molecule has 0 aliphatic carbocycles. The largest absolute Gasteiger partial charge is 0.481 e. The number of hydrogen-bond acceptors (Lipinski definition) is 2. The van der Waals surface area contributed by atoms with Gasteiger partial charge in [0.2, 0.25) is 0 Å². The summed E-state index contributed by atoms with van der Waals surface area (Å²) in [4.78, 5) is 10.8. The SMILES string of the molecule is CC(C)(C)c1ccccc1C(CN)CC(=O)O. The van der Waals surface area contributed by atoms with E-state index in [1.807, 2.05) is 18.2 Å². The minimum absolute atomic E-state index is 0.00250. The Morgan fingerprint density at radius 3 is 2.41 bits per heavy atom. The average Bonchev–Trinajstić information content (AvgIpc) is 2.24. The third-order valence-corrected chi connectivity index (χ3v) is 2.91. The third kappa shape index (κ3) is 3.56. The molecule has 0 radical (unpaired) electrons. The first kappa shape index (κ1) is 13.7. The number of hydrogen-bond donors (Lipinski definition) is 2. The van der Waals surface area contributed by atoms with Crippen LogP contribution in [0.1, 0.15) is 44.2 Å². The molecule has 3 heteroatoms. The van der Waals surface area contributed by atoms with Crippen molar-refractivity contribution in [3.63, 3.8) is 0 Å². The molecule has 0 spiro atoms. The maximum absolute atomic E-state index is 10.8. The molecule has 0 saturated heterocycles. The third-order valence-electron chi connectivity index (χ3n) is 2.91. The molecule has 0 aliphatic rings. The standard InChI is InChI=1S/C14H21NO2/c1-14(2,3)12-7-5-4-6-11(12)10(9-15)8-13(16)17/h4-7,10H,8-9,15H2,1-3H3,(H,16,17). The van der Waals surface area contributed by atoms with Crippen LogP contribution in [0.5, 0.6) is 0 Å². The van der Waals surface area contributed by atoms with Crippen LogP contribution in [0, 0.1) is 0 Å². The molecule has 1 atom stereocenters. The Labute approximate surface area is 103 Å². The summed E-state index contributed by atoms with van der Waals surface area (Å²) in [6, 6.07) is 7.97. The molecular weight excluding hydrogens is 214 g/mol. The van der Waals surface area contributed by atoms with Gasteiger partial charge >= 0.3 is 5.97 Å². The second kappa shape index (κ2) is 5.32. The minimum Gasteiger partial charge on any atom is -0.481 e. The van der Waals surface area contributed by atoms with E-state index in [2.05, 4.69) is 26.8 Å². The summed E-state index contributed by atoms with van der Waals surface area (Å²) in [6.07, 6.45) is 0.0869. The van der Waals surface area contributed by atoms with E-state index in [0.29, 0.717) is 6.54 Å². The smallest absolute Gasteiger partial charge is 0.304 e. The lowest BCUT2D eigenvalue weighted by molar-refractivity contribution is -0.137. The number of nitrogens with two attached hydrogens (primary N) is 1. The van der Waals surface area contributed by atoms with Gasteiger partial charge in [-0.05, 0) is 23.1 Å². The first-order chi connectivity index (χ1) is 7.86. The summed E-state index contributed by atoms with van der Waals surface area (Å²) < 4.78 is 0. The summed E-state index contributed by atoms with van der Waals surface area (Å²) >= 11 is 0. The van der Waals surface area contributed by atoms with Crippen molar-refractivity contribution in [1.29, 1.82) is 0 Å². The van der Waals surface area contributed by atoms with Gasteiger partial charge in [0, 0.05) is 5.92 Å². The average molecular weight is 235 g/mol. The Kier molecular flexibility index (Phi) is 4.29. The fourth-order valence-electron chi connectivity index (χ4n) is 2.07. The van der Waals surface area contributed by atoms with Crippen molar-refractivity contribution >= 4 is 5.97 Å². The highest BCUT2D eigenvalue weighted by molar-refractivity contribution is 5.68. The molecule has 0 heterocycles. The van der Waals surface area contributed by atoms with Gasteiger partial charge in [-0.25, -0.2) is 0 Å². The fraction of sp³-hybridized carbons (Fsp3) is 0.500. The molecule has 0 bridgehead atoms. The van der Waals surface area contributed by atoms with Crippen LogP contribution in [0.2, 0.25) is 0 Å². The zero-order chi connectivity index (χ0) is 13.1. The lowest BCUT2D eigenvalue weighted by atomic mass is 9.79. The zero-order valence-electron chi connectivity index (χ0n) is 10.7. The molecule has 0 fully saturated rings. The molecule has 0 saturated carbocycles. The summed E-state index contributed by atoms with van der Waals surface area (Å²) in [6.45, 7) is 6.74. The van der Waals surface area contributed by atoms with E-state index in [0.717, 1.165) is 5.56 Å². The maximum Gasteiger partial charge on any atom is 0.304 e. The monoisotopic (exact) mass is 235 g/mol. The van der Waals surface area contributed by atoms with E-state index in [1.54, 1.807) is 0 Å². The van der Waals surface area contributed by atoms with E-state index < -0.39 is 5.97 Å². The fourth-order valence-corrected chi connectivity index (χ4v) is 2.07. The number of aliphatic carboxylic acids is 1. The summed E-state index contributed by atoms with van der Waals surface area (Å²) in [5.74, 6) is -0.910. The zero-order valence-corrected chi connectivity index (χ0v) is 10.7. The molecule has 0 aromatic heterocycles. The van der Waals surface area contributed by atoms with Crippen LogP contribution in [0.4, 0.5) is 0 Å². The Morgan fingerprint density at radius 2 is 1.94 bits per heavy atom. The normalized spacial score (nSPS) is 13.4. The van der Waals surface area contributed by atoms with E-state index in [9.17, 15) is 4.79 Å². The quantitative estimate of drug-likeness (QED) is 0.842. The Hall–Kier alpha value is -1.35. The van der Waals surface area contributed by atoms with Crippen LogP contribution in [-0.4, -0.2) is 17.6 Å². The highest BCUT2D eigenvalue weighted by Crippen LogP contribution is 2.31. The Morgan fingerprint density at radius 1 is 1.35 bits per heavy atom. The van der Waals surface area contributed by atoms with E-state index in [-0.39, 0.29) is 17.8 Å². The topological polar surface area (TPSA) is 63.3 Å². The van der Waals surface area contributed by atoms with Gasteiger partial charge in [-0.3, -0.25) is 4.79 Å². The van der Waals surface area contributed by atoms with Crippen molar-refractivity contribution in [2.75, 3.05) is 6.54 Å². The van der Waals surface area contributed by atoms with E-state index in [1.165, 1.54) is 5.56 Å². The summed E-state index contributed by atoms with van der Waals surface area (Å²) in [7, 11) is 0.